The molecule has 1 atom stereocenters. The minimum atomic E-state index is 0.320. The molecule has 0 saturated heterocycles. The van der Waals surface area contributed by atoms with Gasteiger partial charge in [0.25, 0.3) is 0 Å². The van der Waals surface area contributed by atoms with Crippen molar-refractivity contribution in [1.82, 2.24) is 15.1 Å². The number of rotatable bonds is 6. The number of nitrogens with one attached hydrogen (secondary N) is 1. The van der Waals surface area contributed by atoms with Crippen LogP contribution in [0.1, 0.15) is 36.2 Å². The Balaban J connectivity index is 2.26. The minimum Gasteiger partial charge on any atom is -0.309 e. The van der Waals surface area contributed by atoms with Crippen LogP contribution >= 0.6 is 27.3 Å². The Morgan fingerprint density at radius 3 is 2.84 bits per heavy atom. The number of likely N-dealkylation sites (N-methyl/N-ethyl adjacent to an activating group) is 1. The van der Waals surface area contributed by atoms with Crippen molar-refractivity contribution in [3.8, 4) is 0 Å². The lowest BCUT2D eigenvalue weighted by molar-refractivity contribution is 0.491. The van der Waals surface area contributed by atoms with E-state index in [1.165, 1.54) is 15.0 Å². The molecule has 2 aromatic heterocycles. The van der Waals surface area contributed by atoms with Crippen LogP contribution in [0.5, 0.6) is 0 Å². The van der Waals surface area contributed by atoms with E-state index in [2.05, 4.69) is 69.3 Å². The Hall–Kier alpha value is -0.650. The lowest BCUT2D eigenvalue weighted by Gasteiger charge is -2.18. The molecule has 2 aromatic rings. The third kappa shape index (κ3) is 3.46. The summed E-state index contributed by atoms with van der Waals surface area (Å²) in [5.74, 6) is 0. The molecule has 0 bridgehead atoms. The fourth-order valence-electron chi connectivity index (χ4n) is 2.28. The van der Waals surface area contributed by atoms with Crippen molar-refractivity contribution in [2.45, 2.75) is 39.8 Å². The molecule has 0 amide bonds. The maximum atomic E-state index is 4.55. The van der Waals surface area contributed by atoms with E-state index in [0.29, 0.717) is 6.04 Å². The molecule has 0 aliphatic carbocycles. The van der Waals surface area contributed by atoms with Gasteiger partial charge in [0.15, 0.2) is 0 Å². The fraction of sp³-hybridized carbons (Fsp3) is 0.500. The number of hydrogen-bond acceptors (Lipinski definition) is 3. The molecule has 2 rings (SSSR count). The highest BCUT2D eigenvalue weighted by Crippen LogP contribution is 2.28. The van der Waals surface area contributed by atoms with Crippen molar-refractivity contribution in [2.24, 2.45) is 0 Å². The zero-order chi connectivity index (χ0) is 13.8. The summed E-state index contributed by atoms with van der Waals surface area (Å²) in [6, 6.07) is 4.63. The third-order valence-electron chi connectivity index (χ3n) is 3.12. The van der Waals surface area contributed by atoms with Gasteiger partial charge in [0.1, 0.15) is 0 Å². The van der Waals surface area contributed by atoms with E-state index >= 15 is 0 Å². The summed E-state index contributed by atoms with van der Waals surface area (Å²) in [6.45, 7) is 8.22. The largest absolute Gasteiger partial charge is 0.309 e. The molecular weight excluding hydrogens is 322 g/mol. The Morgan fingerprint density at radius 2 is 2.26 bits per heavy atom. The van der Waals surface area contributed by atoms with Crippen LogP contribution in [0.3, 0.4) is 0 Å². The highest BCUT2D eigenvalue weighted by Gasteiger charge is 2.18. The summed E-state index contributed by atoms with van der Waals surface area (Å²) < 4.78 is 3.31. The number of halogens is 1. The highest BCUT2D eigenvalue weighted by molar-refractivity contribution is 9.10. The Morgan fingerprint density at radius 1 is 1.47 bits per heavy atom. The first kappa shape index (κ1) is 14.8. The van der Waals surface area contributed by atoms with Gasteiger partial charge < -0.3 is 5.32 Å². The summed E-state index contributed by atoms with van der Waals surface area (Å²) >= 11 is 5.42. The van der Waals surface area contributed by atoms with E-state index in [4.69, 9.17) is 0 Å². The zero-order valence-electron chi connectivity index (χ0n) is 11.6. The summed E-state index contributed by atoms with van der Waals surface area (Å²) in [6.07, 6.45) is 0.997. The number of thiophene rings is 1. The van der Waals surface area contributed by atoms with Crippen LogP contribution < -0.4 is 5.32 Å². The maximum absolute atomic E-state index is 4.55. The normalized spacial score (nSPS) is 12.8. The third-order valence-corrected chi connectivity index (χ3v) is 5.07. The average Bonchev–Trinajstić information content (AvgIpc) is 2.95. The van der Waals surface area contributed by atoms with Crippen LogP contribution in [0.4, 0.5) is 0 Å². The van der Waals surface area contributed by atoms with Gasteiger partial charge >= 0.3 is 0 Å². The summed E-state index contributed by atoms with van der Waals surface area (Å²) in [5, 5.41) is 10.3. The zero-order valence-corrected chi connectivity index (χ0v) is 14.0. The first-order valence-corrected chi connectivity index (χ1v) is 8.32. The average molecular weight is 342 g/mol. The number of nitrogens with zero attached hydrogens (tertiary/aromatic N) is 2. The van der Waals surface area contributed by atoms with Gasteiger partial charge in [-0.05, 0) is 53.8 Å². The topological polar surface area (TPSA) is 29.9 Å². The van der Waals surface area contributed by atoms with Crippen LogP contribution in [0.2, 0.25) is 0 Å². The molecule has 0 aliphatic rings. The van der Waals surface area contributed by atoms with Crippen LogP contribution in [0.15, 0.2) is 22.0 Å². The van der Waals surface area contributed by atoms with Gasteiger partial charge in [-0.1, -0.05) is 6.92 Å². The Kier molecular flexibility index (Phi) is 5.19. The van der Waals surface area contributed by atoms with Crippen LogP contribution in [0.25, 0.3) is 0 Å². The van der Waals surface area contributed by atoms with Crippen molar-refractivity contribution < 1.29 is 0 Å². The fourth-order valence-corrected chi connectivity index (χ4v) is 3.84. The molecule has 0 fully saturated rings. The predicted octanol–water partition coefficient (Wildman–Crippen LogP) is 3.93. The van der Waals surface area contributed by atoms with Crippen molar-refractivity contribution in [1.29, 1.82) is 0 Å². The lowest BCUT2D eigenvalue weighted by Crippen LogP contribution is -2.25. The SMILES string of the molecule is CCNC(Cc1sccc1Br)c1cc(C)nn1CC. The molecule has 1 N–H and O–H groups in total. The van der Waals surface area contributed by atoms with Crippen molar-refractivity contribution in [3.63, 3.8) is 0 Å². The van der Waals surface area contributed by atoms with Gasteiger partial charge in [0, 0.05) is 22.3 Å². The monoisotopic (exact) mass is 341 g/mol. The first-order chi connectivity index (χ1) is 9.15. The van der Waals surface area contributed by atoms with Gasteiger partial charge in [-0.25, -0.2) is 0 Å². The van der Waals surface area contributed by atoms with Crippen molar-refractivity contribution in [3.05, 3.63) is 38.3 Å². The van der Waals surface area contributed by atoms with Crippen molar-refractivity contribution in [2.75, 3.05) is 6.54 Å². The Bertz CT molecular complexity index is 533. The predicted molar refractivity (Wildman–Crippen MR) is 84.8 cm³/mol. The van der Waals surface area contributed by atoms with Crippen LogP contribution in [-0.4, -0.2) is 16.3 Å². The summed E-state index contributed by atoms with van der Waals surface area (Å²) in [7, 11) is 0. The van der Waals surface area contributed by atoms with E-state index in [9.17, 15) is 0 Å². The minimum absolute atomic E-state index is 0.320. The molecule has 0 radical (unpaired) electrons. The Labute approximate surface area is 127 Å². The standard InChI is InChI=1S/C14H20BrN3S/c1-4-16-12(9-14-11(15)6-7-19-14)13-8-10(3)17-18(13)5-2/h6-8,12,16H,4-5,9H2,1-3H3. The van der Waals surface area contributed by atoms with Gasteiger partial charge in [-0.2, -0.15) is 5.10 Å². The van der Waals surface area contributed by atoms with Gasteiger partial charge in [-0.15, -0.1) is 11.3 Å². The van der Waals surface area contributed by atoms with Crippen molar-refractivity contribution >= 4 is 27.3 Å². The quantitative estimate of drug-likeness (QED) is 0.862. The molecular formula is C14H20BrN3S. The number of aromatic nitrogens is 2. The molecule has 0 aromatic carbocycles. The second-order valence-corrected chi connectivity index (χ2v) is 6.39. The van der Waals surface area contributed by atoms with Gasteiger partial charge in [0.2, 0.25) is 0 Å². The summed E-state index contributed by atoms with van der Waals surface area (Å²) in [5.41, 5.74) is 2.37. The first-order valence-electron chi connectivity index (χ1n) is 6.65. The smallest absolute Gasteiger partial charge is 0.0597 e. The van der Waals surface area contributed by atoms with Gasteiger partial charge in [-0.3, -0.25) is 4.68 Å². The molecule has 1 unspecified atom stereocenters. The lowest BCUT2D eigenvalue weighted by atomic mass is 10.1. The highest BCUT2D eigenvalue weighted by atomic mass is 79.9. The van der Waals surface area contributed by atoms with E-state index in [-0.39, 0.29) is 0 Å². The number of aryl methyl sites for hydroxylation is 2. The van der Waals surface area contributed by atoms with E-state index in [0.717, 1.165) is 25.2 Å². The molecule has 3 nitrogen and oxygen atoms in total. The van der Waals surface area contributed by atoms with Gasteiger partial charge in [0.05, 0.1) is 17.4 Å². The second kappa shape index (κ2) is 6.68. The number of hydrogen-bond donors (Lipinski definition) is 1. The van der Waals surface area contributed by atoms with Crippen LogP contribution in [-0.2, 0) is 13.0 Å². The van der Waals surface area contributed by atoms with E-state index in [1.807, 2.05) is 0 Å². The maximum Gasteiger partial charge on any atom is 0.0597 e. The molecule has 104 valence electrons. The molecule has 2 heterocycles. The molecule has 5 heteroatoms. The summed E-state index contributed by atoms with van der Waals surface area (Å²) in [4.78, 5) is 1.38. The van der Waals surface area contributed by atoms with E-state index in [1.54, 1.807) is 11.3 Å². The molecule has 0 saturated carbocycles. The second-order valence-electron chi connectivity index (χ2n) is 4.53. The van der Waals surface area contributed by atoms with E-state index < -0.39 is 0 Å². The van der Waals surface area contributed by atoms with Crippen LogP contribution in [0, 0.1) is 6.92 Å². The molecule has 19 heavy (non-hydrogen) atoms. The molecule has 0 aliphatic heterocycles. The molecule has 0 spiro atoms.